The zero-order valence-electron chi connectivity index (χ0n) is 20.0. The number of benzene rings is 1. The van der Waals surface area contributed by atoms with Crippen molar-refractivity contribution in [1.29, 1.82) is 0 Å². The first-order valence-corrected chi connectivity index (χ1v) is 10.7. The van der Waals surface area contributed by atoms with Crippen molar-refractivity contribution in [1.82, 2.24) is 10.2 Å². The summed E-state index contributed by atoms with van der Waals surface area (Å²) >= 11 is 0. The van der Waals surface area contributed by atoms with Gasteiger partial charge in [0.1, 0.15) is 11.6 Å². The van der Waals surface area contributed by atoms with Crippen LogP contribution in [0.25, 0.3) is 0 Å². The number of nitrogens with zero attached hydrogens (tertiary/aromatic N) is 1. The number of fused-ring (bicyclic) bond motifs is 1. The molecule has 1 aliphatic rings. The lowest BCUT2D eigenvalue weighted by Gasteiger charge is -2.29. The Morgan fingerprint density at radius 2 is 1.56 bits per heavy atom. The lowest BCUT2D eigenvalue weighted by molar-refractivity contribution is -0.149. The van der Waals surface area contributed by atoms with E-state index in [1.54, 1.807) is 45.0 Å². The fourth-order valence-corrected chi connectivity index (χ4v) is 3.64. The van der Waals surface area contributed by atoms with Crippen LogP contribution in [-0.2, 0) is 23.8 Å². The molecular weight excluding hydrogens is 444 g/mol. The molecule has 0 aliphatic carbocycles. The number of alkyl carbamates (subject to hydrolysis) is 1. The summed E-state index contributed by atoms with van der Waals surface area (Å²) in [4.78, 5) is 63.9. The van der Waals surface area contributed by atoms with Crippen molar-refractivity contribution in [2.45, 2.75) is 38.8 Å². The Bertz CT molecular complexity index is 946. The SMILES string of the molecule is C=C[C@H](CN1C(=O)c2ccccc2C1=O)[C@@H](C[C@H](NC(=O)OC(C)(C)C)C(=O)OC)C(=O)OC. The monoisotopic (exact) mass is 474 g/mol. The third kappa shape index (κ3) is 6.21. The summed E-state index contributed by atoms with van der Waals surface area (Å²) in [7, 11) is 2.31. The molecule has 1 aromatic rings. The number of rotatable bonds is 9. The fourth-order valence-electron chi connectivity index (χ4n) is 3.64. The van der Waals surface area contributed by atoms with Crippen LogP contribution in [0.15, 0.2) is 36.9 Å². The largest absolute Gasteiger partial charge is 0.469 e. The Kier molecular flexibility index (Phi) is 8.56. The number of imide groups is 1. The maximum Gasteiger partial charge on any atom is 0.408 e. The predicted molar refractivity (Wildman–Crippen MR) is 121 cm³/mol. The summed E-state index contributed by atoms with van der Waals surface area (Å²) < 4.78 is 14.9. The maximum atomic E-state index is 12.8. The van der Waals surface area contributed by atoms with Gasteiger partial charge < -0.3 is 19.5 Å². The molecule has 1 heterocycles. The van der Waals surface area contributed by atoms with E-state index in [1.807, 2.05) is 0 Å². The molecule has 0 spiro atoms. The number of carbonyl (C=O) groups is 5. The first-order valence-electron chi connectivity index (χ1n) is 10.7. The molecule has 2 rings (SSSR count). The second-order valence-corrected chi connectivity index (χ2v) is 8.75. The van der Waals surface area contributed by atoms with Crippen molar-refractivity contribution < 1.29 is 38.2 Å². The van der Waals surface area contributed by atoms with Crippen molar-refractivity contribution in [3.63, 3.8) is 0 Å². The molecule has 3 amide bonds. The van der Waals surface area contributed by atoms with E-state index in [0.29, 0.717) is 0 Å². The van der Waals surface area contributed by atoms with Crippen molar-refractivity contribution in [3.05, 3.63) is 48.0 Å². The average molecular weight is 475 g/mol. The van der Waals surface area contributed by atoms with Crippen LogP contribution in [0.5, 0.6) is 0 Å². The molecule has 0 aromatic heterocycles. The van der Waals surface area contributed by atoms with Crippen LogP contribution in [0.3, 0.4) is 0 Å². The van der Waals surface area contributed by atoms with Gasteiger partial charge in [0.2, 0.25) is 0 Å². The highest BCUT2D eigenvalue weighted by atomic mass is 16.6. The molecule has 3 atom stereocenters. The molecule has 1 N–H and O–H groups in total. The number of hydrogen-bond donors (Lipinski definition) is 1. The molecule has 0 saturated heterocycles. The molecule has 10 heteroatoms. The van der Waals surface area contributed by atoms with E-state index in [0.717, 1.165) is 12.0 Å². The number of ether oxygens (including phenoxy) is 3. The van der Waals surface area contributed by atoms with Gasteiger partial charge in [-0.1, -0.05) is 18.2 Å². The molecule has 184 valence electrons. The Balaban J connectivity index is 2.27. The summed E-state index contributed by atoms with van der Waals surface area (Å²) in [6.07, 6.45) is 0.299. The third-order valence-electron chi connectivity index (χ3n) is 5.26. The molecule has 1 aliphatic heterocycles. The van der Waals surface area contributed by atoms with Gasteiger partial charge in [-0.25, -0.2) is 9.59 Å². The molecule has 34 heavy (non-hydrogen) atoms. The molecule has 10 nitrogen and oxygen atoms in total. The lowest BCUT2D eigenvalue weighted by atomic mass is 9.86. The molecular formula is C24H30N2O8. The van der Waals surface area contributed by atoms with E-state index in [2.05, 4.69) is 11.9 Å². The zero-order valence-corrected chi connectivity index (χ0v) is 20.0. The predicted octanol–water partition coefficient (Wildman–Crippen LogP) is 2.33. The minimum Gasteiger partial charge on any atom is -0.469 e. The number of amides is 3. The highest BCUT2D eigenvalue weighted by Gasteiger charge is 2.40. The van der Waals surface area contributed by atoms with Crippen molar-refractivity contribution >= 4 is 29.8 Å². The smallest absolute Gasteiger partial charge is 0.408 e. The Labute approximate surface area is 198 Å². The van der Waals surface area contributed by atoms with E-state index >= 15 is 0 Å². The van der Waals surface area contributed by atoms with E-state index < -0.39 is 53.3 Å². The van der Waals surface area contributed by atoms with E-state index in [1.165, 1.54) is 13.2 Å². The summed E-state index contributed by atoms with van der Waals surface area (Å²) in [5.74, 6) is -4.31. The fraction of sp³-hybridized carbons (Fsp3) is 0.458. The number of hydrogen-bond acceptors (Lipinski definition) is 8. The van der Waals surface area contributed by atoms with Crippen LogP contribution in [0.1, 0.15) is 47.9 Å². The molecule has 0 bridgehead atoms. The third-order valence-corrected chi connectivity index (χ3v) is 5.26. The number of nitrogens with one attached hydrogen (secondary N) is 1. The standard InChI is InChI=1S/C24H30N2O8/c1-7-14(13-26-19(27)15-10-8-9-11-16(15)20(26)28)17(21(29)32-5)12-18(22(30)33-6)25-23(31)34-24(2,3)4/h7-11,14,17-18H,1,12-13H2,2-6H3,(H,25,31)/t14-,17-,18+/m1/s1. The lowest BCUT2D eigenvalue weighted by Crippen LogP contribution is -2.47. The van der Waals surface area contributed by atoms with Crippen molar-refractivity contribution in [2.75, 3.05) is 20.8 Å². The molecule has 0 radical (unpaired) electrons. The first-order chi connectivity index (χ1) is 15.9. The van der Waals surface area contributed by atoms with Gasteiger partial charge in [0.25, 0.3) is 11.8 Å². The van der Waals surface area contributed by atoms with Gasteiger partial charge in [0, 0.05) is 12.5 Å². The van der Waals surface area contributed by atoms with Gasteiger partial charge in [-0.15, -0.1) is 6.58 Å². The van der Waals surface area contributed by atoms with Crippen LogP contribution >= 0.6 is 0 Å². The minimum atomic E-state index is -1.26. The summed E-state index contributed by atoms with van der Waals surface area (Å²) in [5, 5.41) is 2.41. The van der Waals surface area contributed by atoms with Gasteiger partial charge in [-0.05, 0) is 39.3 Å². The second kappa shape index (κ2) is 11.0. The highest BCUT2D eigenvalue weighted by Crippen LogP contribution is 2.28. The molecule has 0 unspecified atom stereocenters. The first kappa shape index (κ1) is 26.6. The van der Waals surface area contributed by atoms with Crippen LogP contribution in [0, 0.1) is 11.8 Å². The zero-order chi connectivity index (χ0) is 25.6. The van der Waals surface area contributed by atoms with Gasteiger partial charge >= 0.3 is 18.0 Å². The highest BCUT2D eigenvalue weighted by molar-refractivity contribution is 6.21. The topological polar surface area (TPSA) is 128 Å². The summed E-state index contributed by atoms with van der Waals surface area (Å²) in [5.41, 5.74) is -0.283. The average Bonchev–Trinajstić information content (AvgIpc) is 3.02. The normalized spacial score (nSPS) is 15.6. The number of methoxy groups -OCH3 is 2. The van der Waals surface area contributed by atoms with Crippen LogP contribution in [-0.4, -0.2) is 67.2 Å². The molecule has 0 saturated carbocycles. The van der Waals surface area contributed by atoms with Crippen LogP contribution < -0.4 is 5.32 Å². The van der Waals surface area contributed by atoms with E-state index in [-0.39, 0.29) is 24.1 Å². The number of carbonyl (C=O) groups excluding carboxylic acids is 5. The van der Waals surface area contributed by atoms with Crippen molar-refractivity contribution in [3.8, 4) is 0 Å². The van der Waals surface area contributed by atoms with E-state index in [4.69, 9.17) is 14.2 Å². The molecule has 0 fully saturated rings. The minimum absolute atomic E-state index is 0.171. The molecule has 1 aromatic carbocycles. The van der Waals surface area contributed by atoms with Crippen LogP contribution in [0.4, 0.5) is 4.79 Å². The van der Waals surface area contributed by atoms with E-state index in [9.17, 15) is 24.0 Å². The Morgan fingerprint density at radius 3 is 2.00 bits per heavy atom. The maximum absolute atomic E-state index is 12.8. The van der Waals surface area contributed by atoms with Gasteiger partial charge in [-0.2, -0.15) is 0 Å². The van der Waals surface area contributed by atoms with Gasteiger partial charge in [0.15, 0.2) is 0 Å². The Morgan fingerprint density at radius 1 is 1.03 bits per heavy atom. The quantitative estimate of drug-likeness (QED) is 0.250. The summed E-state index contributed by atoms with van der Waals surface area (Å²) in [6, 6.07) is 5.15. The Hall–Kier alpha value is -3.69. The number of esters is 2. The van der Waals surface area contributed by atoms with Crippen LogP contribution in [0.2, 0.25) is 0 Å². The van der Waals surface area contributed by atoms with Gasteiger partial charge in [0.05, 0.1) is 31.3 Å². The van der Waals surface area contributed by atoms with Crippen molar-refractivity contribution in [2.24, 2.45) is 11.8 Å². The second-order valence-electron chi connectivity index (χ2n) is 8.75. The van der Waals surface area contributed by atoms with Gasteiger partial charge in [-0.3, -0.25) is 19.3 Å². The summed E-state index contributed by atoms with van der Waals surface area (Å²) in [6.45, 7) is 8.54.